The van der Waals surface area contributed by atoms with E-state index in [2.05, 4.69) is 42.9 Å². The molecule has 94 valence electrons. The molecule has 1 heterocycles. The maximum Gasteiger partial charge on any atom is 0.137 e. The van der Waals surface area contributed by atoms with Gasteiger partial charge < -0.3 is 4.90 Å². The van der Waals surface area contributed by atoms with Gasteiger partial charge in [-0.3, -0.25) is 0 Å². The third-order valence-corrected chi connectivity index (χ3v) is 3.60. The lowest BCUT2D eigenvalue weighted by Gasteiger charge is -2.20. The number of benzene rings is 1. The molecule has 0 atom stereocenters. The summed E-state index contributed by atoms with van der Waals surface area (Å²) < 4.78 is 1.08. The maximum absolute atomic E-state index is 6.00. The van der Waals surface area contributed by atoms with Crippen molar-refractivity contribution in [3.8, 4) is 0 Å². The molecule has 5 heteroatoms. The van der Waals surface area contributed by atoms with Crippen LogP contribution in [0.2, 0.25) is 5.15 Å². The molecule has 0 fully saturated rings. The van der Waals surface area contributed by atoms with Gasteiger partial charge in [0.15, 0.2) is 0 Å². The first kappa shape index (κ1) is 13.3. The number of rotatable bonds is 3. The van der Waals surface area contributed by atoms with E-state index in [4.69, 9.17) is 11.6 Å². The predicted octanol–water partition coefficient (Wildman–Crippen LogP) is 3.84. The topological polar surface area (TPSA) is 29.0 Å². The Morgan fingerprint density at radius 3 is 2.56 bits per heavy atom. The molecule has 0 aliphatic carbocycles. The molecule has 0 bridgehead atoms. The lowest BCUT2D eigenvalue weighted by atomic mass is 10.2. The summed E-state index contributed by atoms with van der Waals surface area (Å²) >= 11 is 9.42. The third-order valence-electron chi connectivity index (χ3n) is 2.69. The molecule has 2 rings (SSSR count). The number of hydrogen-bond acceptors (Lipinski definition) is 3. The summed E-state index contributed by atoms with van der Waals surface area (Å²) in [5, 5.41) is 0.502. The van der Waals surface area contributed by atoms with Crippen LogP contribution in [0.1, 0.15) is 11.1 Å². The number of halogens is 2. The highest BCUT2D eigenvalue weighted by Gasteiger charge is 2.10. The molecule has 0 amide bonds. The smallest absolute Gasteiger partial charge is 0.137 e. The fourth-order valence-corrected chi connectivity index (χ4v) is 2.14. The normalized spacial score (nSPS) is 10.4. The monoisotopic (exact) mass is 325 g/mol. The predicted molar refractivity (Wildman–Crippen MR) is 78.0 cm³/mol. The summed E-state index contributed by atoms with van der Waals surface area (Å²) in [6.45, 7) is 2.71. The fraction of sp³-hybridized carbons (Fsp3) is 0.231. The van der Waals surface area contributed by atoms with Crippen LogP contribution >= 0.6 is 27.5 Å². The van der Waals surface area contributed by atoms with Crippen molar-refractivity contribution < 1.29 is 0 Å². The van der Waals surface area contributed by atoms with Crippen LogP contribution in [0, 0.1) is 6.92 Å². The molecule has 3 nitrogen and oxygen atoms in total. The second kappa shape index (κ2) is 5.67. The molecule has 2 aromatic rings. The molecule has 0 unspecified atom stereocenters. The third kappa shape index (κ3) is 3.00. The largest absolute Gasteiger partial charge is 0.355 e. The van der Waals surface area contributed by atoms with Crippen molar-refractivity contribution in [2.75, 3.05) is 11.9 Å². The second-order valence-electron chi connectivity index (χ2n) is 4.10. The van der Waals surface area contributed by atoms with Gasteiger partial charge in [-0.2, -0.15) is 0 Å². The fourth-order valence-electron chi connectivity index (χ4n) is 1.74. The highest BCUT2D eigenvalue weighted by Crippen LogP contribution is 2.22. The molecule has 0 N–H and O–H groups in total. The second-order valence-corrected chi connectivity index (χ2v) is 5.37. The highest BCUT2D eigenvalue weighted by atomic mass is 79.9. The van der Waals surface area contributed by atoms with E-state index in [1.54, 1.807) is 0 Å². The van der Waals surface area contributed by atoms with Gasteiger partial charge in [0.2, 0.25) is 0 Å². The summed E-state index contributed by atoms with van der Waals surface area (Å²) in [5.74, 6) is 0.859. The molecule has 0 aliphatic rings. The van der Waals surface area contributed by atoms with E-state index >= 15 is 0 Å². The lowest BCUT2D eigenvalue weighted by molar-refractivity contribution is 0.882. The Bertz CT molecular complexity index is 542. The van der Waals surface area contributed by atoms with Crippen LogP contribution in [0.25, 0.3) is 0 Å². The van der Waals surface area contributed by atoms with Crippen LogP contribution in [0.15, 0.2) is 35.1 Å². The molecule has 0 radical (unpaired) electrons. The van der Waals surface area contributed by atoms with E-state index in [0.29, 0.717) is 5.15 Å². The minimum Gasteiger partial charge on any atom is -0.355 e. The van der Waals surface area contributed by atoms with E-state index in [-0.39, 0.29) is 0 Å². The number of anilines is 1. The zero-order valence-electron chi connectivity index (χ0n) is 10.2. The Morgan fingerprint density at radius 2 is 1.89 bits per heavy atom. The van der Waals surface area contributed by atoms with E-state index in [9.17, 15) is 0 Å². The van der Waals surface area contributed by atoms with Crippen molar-refractivity contribution in [1.82, 2.24) is 9.97 Å². The van der Waals surface area contributed by atoms with Gasteiger partial charge in [0.1, 0.15) is 17.3 Å². The van der Waals surface area contributed by atoms with E-state index < -0.39 is 0 Å². The SMILES string of the molecule is Cc1c(Cl)ncnc1N(C)Cc1ccc(Br)cc1. The molecule has 1 aromatic carbocycles. The molecule has 0 aliphatic heterocycles. The minimum atomic E-state index is 0.502. The molecular weight excluding hydrogens is 314 g/mol. The Balaban J connectivity index is 2.19. The van der Waals surface area contributed by atoms with Crippen molar-refractivity contribution in [2.24, 2.45) is 0 Å². The maximum atomic E-state index is 6.00. The van der Waals surface area contributed by atoms with Gasteiger partial charge >= 0.3 is 0 Å². The summed E-state index contributed by atoms with van der Waals surface area (Å²) in [4.78, 5) is 10.3. The number of nitrogens with zero attached hydrogens (tertiary/aromatic N) is 3. The Labute approximate surface area is 120 Å². The van der Waals surface area contributed by atoms with Crippen LogP contribution in [0.5, 0.6) is 0 Å². The van der Waals surface area contributed by atoms with Crippen LogP contribution in [0.4, 0.5) is 5.82 Å². The van der Waals surface area contributed by atoms with E-state index in [0.717, 1.165) is 22.4 Å². The van der Waals surface area contributed by atoms with Crippen molar-refractivity contribution in [1.29, 1.82) is 0 Å². The van der Waals surface area contributed by atoms with Crippen molar-refractivity contribution >= 4 is 33.3 Å². The van der Waals surface area contributed by atoms with Crippen LogP contribution in [-0.4, -0.2) is 17.0 Å². The standard InChI is InChI=1S/C13H13BrClN3/c1-9-12(15)16-8-17-13(9)18(2)7-10-3-5-11(14)6-4-10/h3-6,8H,7H2,1-2H3. The summed E-state index contributed by atoms with van der Waals surface area (Å²) in [6.07, 6.45) is 1.49. The average Bonchev–Trinajstić information content (AvgIpc) is 2.35. The summed E-state index contributed by atoms with van der Waals surface area (Å²) in [7, 11) is 1.99. The van der Waals surface area contributed by atoms with Gasteiger partial charge in [0.25, 0.3) is 0 Å². The Kier molecular flexibility index (Phi) is 4.19. The first-order valence-electron chi connectivity index (χ1n) is 5.50. The Hall–Kier alpha value is -1.13. The minimum absolute atomic E-state index is 0.502. The van der Waals surface area contributed by atoms with Crippen molar-refractivity contribution in [3.63, 3.8) is 0 Å². The molecule has 1 aromatic heterocycles. The van der Waals surface area contributed by atoms with Gasteiger partial charge in [-0.05, 0) is 24.6 Å². The first-order valence-corrected chi connectivity index (χ1v) is 6.67. The molecule has 18 heavy (non-hydrogen) atoms. The van der Waals surface area contributed by atoms with Crippen LogP contribution < -0.4 is 4.90 Å². The van der Waals surface area contributed by atoms with Crippen LogP contribution in [-0.2, 0) is 6.54 Å². The summed E-state index contributed by atoms with van der Waals surface area (Å²) in [5.41, 5.74) is 2.12. The van der Waals surface area contributed by atoms with Gasteiger partial charge in [-0.25, -0.2) is 9.97 Å². The van der Waals surface area contributed by atoms with Crippen LogP contribution in [0.3, 0.4) is 0 Å². The quantitative estimate of drug-likeness (QED) is 0.803. The van der Waals surface area contributed by atoms with E-state index in [1.807, 2.05) is 26.1 Å². The molecule has 0 saturated heterocycles. The Morgan fingerprint density at radius 1 is 1.22 bits per heavy atom. The van der Waals surface area contributed by atoms with E-state index in [1.165, 1.54) is 11.9 Å². The highest BCUT2D eigenvalue weighted by molar-refractivity contribution is 9.10. The number of hydrogen-bond donors (Lipinski definition) is 0. The average molecular weight is 327 g/mol. The first-order chi connectivity index (χ1) is 8.58. The molecule has 0 saturated carbocycles. The van der Waals surface area contributed by atoms with Gasteiger partial charge in [0.05, 0.1) is 0 Å². The molecular formula is C13H13BrClN3. The van der Waals surface area contributed by atoms with Gasteiger partial charge in [0, 0.05) is 23.6 Å². The van der Waals surface area contributed by atoms with Gasteiger partial charge in [-0.1, -0.05) is 39.7 Å². The van der Waals surface area contributed by atoms with Gasteiger partial charge in [-0.15, -0.1) is 0 Å². The zero-order valence-corrected chi connectivity index (χ0v) is 12.5. The lowest BCUT2D eigenvalue weighted by Crippen LogP contribution is -2.19. The molecule has 0 spiro atoms. The zero-order chi connectivity index (χ0) is 13.1. The van der Waals surface area contributed by atoms with Crippen molar-refractivity contribution in [3.05, 3.63) is 51.3 Å². The van der Waals surface area contributed by atoms with Crippen molar-refractivity contribution in [2.45, 2.75) is 13.5 Å². The number of aromatic nitrogens is 2. The summed E-state index contributed by atoms with van der Waals surface area (Å²) in [6, 6.07) is 8.23.